The summed E-state index contributed by atoms with van der Waals surface area (Å²) in [7, 11) is 1.60. The van der Waals surface area contributed by atoms with Crippen molar-refractivity contribution < 1.29 is 14.3 Å². The van der Waals surface area contributed by atoms with Crippen LogP contribution in [0.15, 0.2) is 36.7 Å². The van der Waals surface area contributed by atoms with Crippen LogP contribution in [0.3, 0.4) is 0 Å². The molecule has 1 aromatic heterocycles. The minimum atomic E-state index is -0.0373. The Labute approximate surface area is 106 Å². The second-order valence-electron chi connectivity index (χ2n) is 3.87. The van der Waals surface area contributed by atoms with Gasteiger partial charge in [-0.1, -0.05) is 18.2 Å². The summed E-state index contributed by atoms with van der Waals surface area (Å²) in [5.74, 6) is -0.0373. The molecule has 0 aliphatic carbocycles. The molecule has 2 aromatic rings. The van der Waals surface area contributed by atoms with E-state index in [1.807, 2.05) is 18.2 Å². The number of rotatable bonds is 6. The number of pyridine rings is 1. The minimum Gasteiger partial charge on any atom is -0.382 e. The predicted molar refractivity (Wildman–Crippen MR) is 68.8 cm³/mol. The molecular formula is C14H15NO3. The number of fused-ring (bicyclic) bond motifs is 1. The maximum Gasteiger partial charge on any atom is 0.189 e. The fraction of sp³-hybridized carbons (Fsp3) is 0.286. The second-order valence-corrected chi connectivity index (χ2v) is 3.87. The van der Waals surface area contributed by atoms with Crippen molar-refractivity contribution in [1.82, 2.24) is 4.98 Å². The van der Waals surface area contributed by atoms with E-state index in [0.717, 1.165) is 10.8 Å². The highest BCUT2D eigenvalue weighted by atomic mass is 16.5. The molecule has 0 spiro atoms. The molecule has 0 bridgehead atoms. The third-order valence-corrected chi connectivity index (χ3v) is 2.65. The number of carbonyl (C=O) groups is 1. The fourth-order valence-corrected chi connectivity index (χ4v) is 1.74. The van der Waals surface area contributed by atoms with Gasteiger partial charge in [0.2, 0.25) is 0 Å². The third-order valence-electron chi connectivity index (χ3n) is 2.65. The number of hydrogen-bond acceptors (Lipinski definition) is 4. The number of hydrogen-bond donors (Lipinski definition) is 0. The summed E-state index contributed by atoms with van der Waals surface area (Å²) in [4.78, 5) is 16.1. The summed E-state index contributed by atoms with van der Waals surface area (Å²) >= 11 is 0. The molecular weight excluding hydrogens is 230 g/mol. The molecule has 2 rings (SSSR count). The number of ketones is 1. The average Bonchev–Trinajstić information content (AvgIpc) is 2.43. The standard InChI is InChI=1S/C14H15NO3/c1-17-7-8-18-10-14(16)12-4-2-3-11-5-6-15-9-13(11)12/h2-6,9H,7-8,10H2,1H3. The first kappa shape index (κ1) is 12.7. The summed E-state index contributed by atoms with van der Waals surface area (Å²) in [5, 5.41) is 1.87. The minimum absolute atomic E-state index is 0.0373. The van der Waals surface area contributed by atoms with Gasteiger partial charge in [-0.25, -0.2) is 0 Å². The Hall–Kier alpha value is -1.78. The zero-order chi connectivity index (χ0) is 12.8. The highest BCUT2D eigenvalue weighted by molar-refractivity contribution is 6.08. The van der Waals surface area contributed by atoms with Crippen LogP contribution in [0.2, 0.25) is 0 Å². The van der Waals surface area contributed by atoms with Crippen LogP contribution >= 0.6 is 0 Å². The van der Waals surface area contributed by atoms with Gasteiger partial charge in [0.05, 0.1) is 13.2 Å². The zero-order valence-corrected chi connectivity index (χ0v) is 10.3. The van der Waals surface area contributed by atoms with Crippen molar-refractivity contribution in [3.05, 3.63) is 42.2 Å². The highest BCUT2D eigenvalue weighted by Crippen LogP contribution is 2.17. The second kappa shape index (κ2) is 6.23. The van der Waals surface area contributed by atoms with Gasteiger partial charge in [0.25, 0.3) is 0 Å². The maximum absolute atomic E-state index is 12.0. The van der Waals surface area contributed by atoms with Crippen molar-refractivity contribution in [3.63, 3.8) is 0 Å². The number of aromatic nitrogens is 1. The van der Waals surface area contributed by atoms with Crippen molar-refractivity contribution in [1.29, 1.82) is 0 Å². The molecule has 94 valence electrons. The Morgan fingerprint density at radius 1 is 1.28 bits per heavy atom. The van der Waals surface area contributed by atoms with Crippen LogP contribution in [0, 0.1) is 0 Å². The van der Waals surface area contributed by atoms with E-state index >= 15 is 0 Å². The molecule has 0 unspecified atom stereocenters. The van der Waals surface area contributed by atoms with E-state index in [1.54, 1.807) is 25.6 Å². The molecule has 0 amide bonds. The molecule has 0 atom stereocenters. The van der Waals surface area contributed by atoms with Gasteiger partial charge >= 0.3 is 0 Å². The Bertz CT molecular complexity index is 534. The van der Waals surface area contributed by atoms with Gasteiger partial charge in [0.1, 0.15) is 6.61 Å². The van der Waals surface area contributed by atoms with Crippen LogP contribution in [0.5, 0.6) is 0 Å². The molecule has 0 saturated heterocycles. The fourth-order valence-electron chi connectivity index (χ4n) is 1.74. The smallest absolute Gasteiger partial charge is 0.189 e. The van der Waals surface area contributed by atoms with E-state index in [0.29, 0.717) is 18.8 Å². The van der Waals surface area contributed by atoms with Crippen LogP contribution in [-0.4, -0.2) is 37.7 Å². The van der Waals surface area contributed by atoms with Crippen molar-refractivity contribution >= 4 is 16.6 Å². The molecule has 0 N–H and O–H groups in total. The molecule has 0 fully saturated rings. The summed E-state index contributed by atoms with van der Waals surface area (Å²) < 4.78 is 10.1. The number of methoxy groups -OCH3 is 1. The number of nitrogens with zero attached hydrogens (tertiary/aromatic N) is 1. The first-order valence-electron chi connectivity index (χ1n) is 5.75. The Balaban J connectivity index is 2.13. The normalized spacial score (nSPS) is 10.7. The molecule has 4 heteroatoms. The summed E-state index contributed by atoms with van der Waals surface area (Å²) in [6, 6.07) is 7.51. The number of benzene rings is 1. The SMILES string of the molecule is COCCOCC(=O)c1cccc2ccncc12. The van der Waals surface area contributed by atoms with Crippen LogP contribution < -0.4 is 0 Å². The molecule has 18 heavy (non-hydrogen) atoms. The van der Waals surface area contributed by atoms with E-state index < -0.39 is 0 Å². The maximum atomic E-state index is 12.0. The Morgan fingerprint density at radius 3 is 3.00 bits per heavy atom. The van der Waals surface area contributed by atoms with Crippen LogP contribution in [0.4, 0.5) is 0 Å². The molecule has 1 aromatic carbocycles. The van der Waals surface area contributed by atoms with Crippen molar-refractivity contribution in [3.8, 4) is 0 Å². The van der Waals surface area contributed by atoms with Crippen molar-refractivity contribution in [2.45, 2.75) is 0 Å². The lowest BCUT2D eigenvalue weighted by Gasteiger charge is -2.06. The number of Topliss-reactive ketones (excluding diaryl/α,β-unsaturated/α-hetero) is 1. The lowest BCUT2D eigenvalue weighted by Crippen LogP contribution is -2.12. The van der Waals surface area contributed by atoms with E-state index in [4.69, 9.17) is 9.47 Å². The van der Waals surface area contributed by atoms with E-state index in [9.17, 15) is 4.79 Å². The largest absolute Gasteiger partial charge is 0.382 e. The molecule has 0 aliphatic heterocycles. The number of carbonyl (C=O) groups excluding carboxylic acids is 1. The van der Waals surface area contributed by atoms with Gasteiger partial charge in [-0.15, -0.1) is 0 Å². The topological polar surface area (TPSA) is 48.4 Å². The summed E-state index contributed by atoms with van der Waals surface area (Å²) in [5.41, 5.74) is 0.651. The van der Waals surface area contributed by atoms with E-state index in [-0.39, 0.29) is 12.4 Å². The molecule has 4 nitrogen and oxygen atoms in total. The summed E-state index contributed by atoms with van der Waals surface area (Å²) in [6.07, 6.45) is 3.42. The Kier molecular flexibility index (Phi) is 4.39. The molecule has 0 saturated carbocycles. The molecule has 0 radical (unpaired) electrons. The summed E-state index contributed by atoms with van der Waals surface area (Å²) in [6.45, 7) is 0.979. The lowest BCUT2D eigenvalue weighted by atomic mass is 10.0. The van der Waals surface area contributed by atoms with Gasteiger partial charge in [0, 0.05) is 30.5 Å². The predicted octanol–water partition coefficient (Wildman–Crippen LogP) is 2.08. The van der Waals surface area contributed by atoms with Crippen molar-refractivity contribution in [2.24, 2.45) is 0 Å². The monoisotopic (exact) mass is 245 g/mol. The third kappa shape index (κ3) is 2.91. The first-order chi connectivity index (χ1) is 8.83. The van der Waals surface area contributed by atoms with Gasteiger partial charge in [-0.3, -0.25) is 9.78 Å². The lowest BCUT2D eigenvalue weighted by molar-refractivity contribution is 0.0578. The van der Waals surface area contributed by atoms with E-state index in [2.05, 4.69) is 4.98 Å². The van der Waals surface area contributed by atoms with Crippen LogP contribution in [0.25, 0.3) is 10.8 Å². The van der Waals surface area contributed by atoms with Gasteiger partial charge in [0.15, 0.2) is 5.78 Å². The van der Waals surface area contributed by atoms with E-state index in [1.165, 1.54) is 0 Å². The average molecular weight is 245 g/mol. The van der Waals surface area contributed by atoms with Crippen LogP contribution in [-0.2, 0) is 9.47 Å². The number of ether oxygens (including phenoxy) is 2. The molecule has 1 heterocycles. The zero-order valence-electron chi connectivity index (χ0n) is 10.3. The molecule has 0 aliphatic rings. The Morgan fingerprint density at radius 2 is 2.17 bits per heavy atom. The van der Waals surface area contributed by atoms with Crippen molar-refractivity contribution in [2.75, 3.05) is 26.9 Å². The first-order valence-corrected chi connectivity index (χ1v) is 5.75. The van der Waals surface area contributed by atoms with Gasteiger partial charge < -0.3 is 9.47 Å². The van der Waals surface area contributed by atoms with Gasteiger partial charge in [-0.05, 0) is 11.5 Å². The van der Waals surface area contributed by atoms with Gasteiger partial charge in [-0.2, -0.15) is 0 Å². The highest BCUT2D eigenvalue weighted by Gasteiger charge is 2.09. The quantitative estimate of drug-likeness (QED) is 0.577. The van der Waals surface area contributed by atoms with Crippen LogP contribution in [0.1, 0.15) is 10.4 Å².